The van der Waals surface area contributed by atoms with Gasteiger partial charge in [-0.05, 0) is 41.4 Å². The van der Waals surface area contributed by atoms with E-state index in [1.807, 2.05) is 13.0 Å². The van der Waals surface area contributed by atoms with Gasteiger partial charge < -0.3 is 19.2 Å². The minimum absolute atomic E-state index is 0.153. The lowest BCUT2D eigenvalue weighted by molar-refractivity contribution is 0.0944. The van der Waals surface area contributed by atoms with Crippen molar-refractivity contribution < 1.29 is 18.7 Å². The zero-order valence-electron chi connectivity index (χ0n) is 12.1. The fourth-order valence-electron chi connectivity index (χ4n) is 2.00. The average Bonchev–Trinajstić information content (AvgIpc) is 2.85. The lowest BCUT2D eigenvalue weighted by Crippen LogP contribution is -2.25. The number of hydrogen-bond acceptors (Lipinski definition) is 4. The van der Waals surface area contributed by atoms with Crippen molar-refractivity contribution in [1.29, 1.82) is 0 Å². The van der Waals surface area contributed by atoms with Crippen molar-refractivity contribution in [3.63, 3.8) is 0 Å². The van der Waals surface area contributed by atoms with Gasteiger partial charge in [0, 0.05) is 31.4 Å². The van der Waals surface area contributed by atoms with Gasteiger partial charge in [-0.25, -0.2) is 0 Å². The number of amides is 1. The molecule has 0 saturated heterocycles. The molecule has 6 heteroatoms. The first-order valence-corrected chi connectivity index (χ1v) is 7.58. The highest BCUT2D eigenvalue weighted by Crippen LogP contribution is 2.32. The van der Waals surface area contributed by atoms with Crippen LogP contribution in [0.2, 0.25) is 0 Å². The molecule has 114 valence electrons. The van der Waals surface area contributed by atoms with Crippen molar-refractivity contribution >= 4 is 32.8 Å². The van der Waals surface area contributed by atoms with Gasteiger partial charge in [0.2, 0.25) is 0 Å². The number of halogens is 1. The van der Waals surface area contributed by atoms with E-state index in [-0.39, 0.29) is 5.91 Å². The number of rotatable bonds is 7. The Morgan fingerprint density at radius 2 is 2.19 bits per heavy atom. The van der Waals surface area contributed by atoms with Crippen molar-refractivity contribution in [2.24, 2.45) is 0 Å². The molecule has 21 heavy (non-hydrogen) atoms. The second-order valence-electron chi connectivity index (χ2n) is 4.45. The summed E-state index contributed by atoms with van der Waals surface area (Å²) in [6.07, 6.45) is 0.783. The Labute approximate surface area is 131 Å². The van der Waals surface area contributed by atoms with Crippen LogP contribution in [0.25, 0.3) is 11.0 Å². The molecule has 2 aromatic rings. The first-order valence-electron chi connectivity index (χ1n) is 6.78. The van der Waals surface area contributed by atoms with Gasteiger partial charge in [0.1, 0.15) is 11.3 Å². The van der Waals surface area contributed by atoms with Crippen LogP contribution in [0.15, 0.2) is 27.3 Å². The second-order valence-corrected chi connectivity index (χ2v) is 5.23. The molecular weight excluding hydrogens is 338 g/mol. The van der Waals surface area contributed by atoms with E-state index in [9.17, 15) is 4.79 Å². The van der Waals surface area contributed by atoms with E-state index in [2.05, 4.69) is 21.2 Å². The summed E-state index contributed by atoms with van der Waals surface area (Å²) in [7, 11) is 1.57. The van der Waals surface area contributed by atoms with Crippen LogP contribution in [0.1, 0.15) is 23.7 Å². The summed E-state index contributed by atoms with van der Waals surface area (Å²) in [4.78, 5) is 12.1. The third-order valence-electron chi connectivity index (χ3n) is 3.01. The summed E-state index contributed by atoms with van der Waals surface area (Å²) in [5.41, 5.74) is 1.12. The van der Waals surface area contributed by atoms with Crippen LogP contribution < -0.4 is 10.1 Å². The summed E-state index contributed by atoms with van der Waals surface area (Å²) in [5, 5.41) is 3.68. The van der Waals surface area contributed by atoms with E-state index >= 15 is 0 Å². The predicted molar refractivity (Wildman–Crippen MR) is 83.9 cm³/mol. The lowest BCUT2D eigenvalue weighted by Gasteiger charge is -2.07. The van der Waals surface area contributed by atoms with Crippen LogP contribution >= 0.6 is 15.9 Å². The minimum atomic E-state index is -0.153. The summed E-state index contributed by atoms with van der Waals surface area (Å²) in [6, 6.07) is 5.24. The number of ether oxygens (including phenoxy) is 2. The zero-order chi connectivity index (χ0) is 15.2. The van der Waals surface area contributed by atoms with Gasteiger partial charge in [-0.2, -0.15) is 0 Å². The Kier molecular flexibility index (Phi) is 5.64. The third kappa shape index (κ3) is 3.98. The quantitative estimate of drug-likeness (QED) is 0.773. The van der Waals surface area contributed by atoms with E-state index in [1.54, 1.807) is 19.2 Å². The Balaban J connectivity index is 2.08. The molecule has 0 unspecified atom stereocenters. The van der Waals surface area contributed by atoms with Crippen LogP contribution in [0, 0.1) is 0 Å². The number of fused-ring (bicyclic) bond motifs is 1. The number of carbonyl (C=O) groups excluding carboxylic acids is 1. The first-order chi connectivity index (χ1) is 10.2. The monoisotopic (exact) mass is 355 g/mol. The minimum Gasteiger partial charge on any atom is -0.496 e. The van der Waals surface area contributed by atoms with Crippen LogP contribution in [0.4, 0.5) is 0 Å². The van der Waals surface area contributed by atoms with Crippen LogP contribution in [-0.4, -0.2) is 32.8 Å². The maximum atomic E-state index is 12.1. The number of nitrogens with one attached hydrogen (secondary N) is 1. The molecule has 0 fully saturated rings. The van der Waals surface area contributed by atoms with Crippen molar-refractivity contribution in [1.82, 2.24) is 5.32 Å². The Morgan fingerprint density at radius 1 is 1.38 bits per heavy atom. The van der Waals surface area contributed by atoms with E-state index in [0.29, 0.717) is 41.3 Å². The standard InChI is InChI=1S/C15H18BrNO4/c1-3-20-6-4-5-17-15(18)10-7-12(19-2)11-9-14(16)21-13(11)8-10/h7-9H,3-6H2,1-2H3,(H,17,18). The second kappa shape index (κ2) is 7.47. The molecule has 0 atom stereocenters. The highest BCUT2D eigenvalue weighted by Gasteiger charge is 2.13. The van der Waals surface area contributed by atoms with E-state index < -0.39 is 0 Å². The maximum absolute atomic E-state index is 12.1. The van der Waals surface area contributed by atoms with Gasteiger partial charge in [-0.3, -0.25) is 4.79 Å². The molecule has 1 N–H and O–H groups in total. The molecule has 5 nitrogen and oxygen atoms in total. The maximum Gasteiger partial charge on any atom is 0.251 e. The smallest absolute Gasteiger partial charge is 0.251 e. The molecule has 2 rings (SSSR count). The summed E-state index contributed by atoms with van der Waals surface area (Å²) >= 11 is 3.28. The van der Waals surface area contributed by atoms with Gasteiger partial charge in [0.25, 0.3) is 5.91 Å². The molecule has 1 heterocycles. The number of hydrogen-bond donors (Lipinski definition) is 1. The molecule has 0 saturated carbocycles. The number of furan rings is 1. The van der Waals surface area contributed by atoms with Crippen molar-refractivity contribution in [3.8, 4) is 5.75 Å². The van der Waals surface area contributed by atoms with Gasteiger partial charge in [-0.15, -0.1) is 0 Å². The normalized spacial score (nSPS) is 10.8. The molecule has 0 aliphatic heterocycles. The molecule has 1 amide bonds. The van der Waals surface area contributed by atoms with Crippen LogP contribution in [0.5, 0.6) is 5.75 Å². The SMILES string of the molecule is CCOCCCNC(=O)c1cc(OC)c2cc(Br)oc2c1. The fraction of sp³-hybridized carbons (Fsp3) is 0.400. The molecular formula is C15H18BrNO4. The van der Waals surface area contributed by atoms with Crippen molar-refractivity contribution in [2.45, 2.75) is 13.3 Å². The summed E-state index contributed by atoms with van der Waals surface area (Å²) in [6.45, 7) is 3.85. The topological polar surface area (TPSA) is 60.7 Å². The van der Waals surface area contributed by atoms with E-state index in [0.717, 1.165) is 11.8 Å². The number of benzene rings is 1. The number of methoxy groups -OCH3 is 1. The largest absolute Gasteiger partial charge is 0.496 e. The molecule has 1 aromatic heterocycles. The van der Waals surface area contributed by atoms with Gasteiger partial charge in [-0.1, -0.05) is 0 Å². The number of carbonyl (C=O) groups is 1. The zero-order valence-corrected chi connectivity index (χ0v) is 13.7. The average molecular weight is 356 g/mol. The molecule has 0 bridgehead atoms. The summed E-state index contributed by atoms with van der Waals surface area (Å²) < 4.78 is 16.6. The van der Waals surface area contributed by atoms with Crippen molar-refractivity contribution in [2.75, 3.05) is 26.9 Å². The Morgan fingerprint density at radius 3 is 2.90 bits per heavy atom. The molecule has 0 aliphatic carbocycles. The molecule has 0 spiro atoms. The van der Waals surface area contributed by atoms with Gasteiger partial charge >= 0.3 is 0 Å². The van der Waals surface area contributed by atoms with Crippen LogP contribution in [-0.2, 0) is 4.74 Å². The van der Waals surface area contributed by atoms with E-state index in [4.69, 9.17) is 13.9 Å². The highest BCUT2D eigenvalue weighted by molar-refractivity contribution is 9.10. The van der Waals surface area contributed by atoms with Crippen molar-refractivity contribution in [3.05, 3.63) is 28.4 Å². The molecule has 0 radical (unpaired) electrons. The fourth-order valence-corrected chi connectivity index (χ4v) is 2.40. The van der Waals surface area contributed by atoms with Crippen LogP contribution in [0.3, 0.4) is 0 Å². The Bertz CT molecular complexity index is 623. The Hall–Kier alpha value is -1.53. The molecule has 0 aliphatic rings. The lowest BCUT2D eigenvalue weighted by atomic mass is 10.1. The van der Waals surface area contributed by atoms with E-state index in [1.165, 1.54) is 0 Å². The first kappa shape index (κ1) is 15.9. The van der Waals surface area contributed by atoms with Gasteiger partial charge in [0.15, 0.2) is 4.67 Å². The van der Waals surface area contributed by atoms with Gasteiger partial charge in [0.05, 0.1) is 12.5 Å². The highest BCUT2D eigenvalue weighted by atomic mass is 79.9. The third-order valence-corrected chi connectivity index (χ3v) is 3.40. The summed E-state index contributed by atoms with van der Waals surface area (Å²) in [5.74, 6) is 0.459. The molecule has 1 aromatic carbocycles. The predicted octanol–water partition coefficient (Wildman–Crippen LogP) is 3.36.